The van der Waals surface area contributed by atoms with Crippen LogP contribution in [0.2, 0.25) is 0 Å². The minimum absolute atomic E-state index is 0.130. The standard InChI is InChI=1S/C26H30N2O2S2/c1-13-3-5-17-15(11-13)23(25(29)27-17)21-9-7-19(31-21)20-8-10-22(32-20)24-16-12-14(2)4-6-18(16)28-26(24)30/h7-10,13-18H,3-6,11-12H2,1-2H3,(H,27,29)(H,28,30)/b20-19-,23-21?,24-22?. The Morgan fingerprint density at radius 3 is 1.50 bits per heavy atom. The second kappa shape index (κ2) is 7.84. The fourth-order valence-electron chi connectivity index (χ4n) is 6.39. The molecule has 2 aromatic rings. The van der Waals surface area contributed by atoms with E-state index >= 15 is 0 Å². The zero-order chi connectivity index (χ0) is 22.0. The molecule has 32 heavy (non-hydrogen) atoms. The van der Waals surface area contributed by atoms with Gasteiger partial charge in [0, 0.05) is 53.2 Å². The number of carbonyl (C=O) groups is 2. The van der Waals surface area contributed by atoms with Crippen LogP contribution >= 0.6 is 22.7 Å². The summed E-state index contributed by atoms with van der Waals surface area (Å²) in [5.74, 6) is 2.31. The first-order chi connectivity index (χ1) is 15.5. The number of hydrogen-bond donors (Lipinski definition) is 2. The third-order valence-corrected chi connectivity index (χ3v) is 10.5. The van der Waals surface area contributed by atoms with Crippen LogP contribution in [-0.4, -0.2) is 23.9 Å². The minimum atomic E-state index is 0.130. The zero-order valence-corrected chi connectivity index (χ0v) is 20.3. The van der Waals surface area contributed by atoms with Gasteiger partial charge >= 0.3 is 0 Å². The molecular formula is C26H30N2O2S2. The third-order valence-electron chi connectivity index (χ3n) is 8.07. The van der Waals surface area contributed by atoms with Gasteiger partial charge in [-0.25, -0.2) is 0 Å². The number of rotatable bonds is 0. The van der Waals surface area contributed by atoms with E-state index in [9.17, 15) is 9.59 Å². The van der Waals surface area contributed by atoms with E-state index in [1.54, 1.807) is 22.7 Å². The molecule has 2 N–H and O–H groups in total. The molecule has 6 rings (SSSR count). The highest BCUT2D eigenvalue weighted by atomic mass is 32.1. The molecule has 0 radical (unpaired) electrons. The van der Waals surface area contributed by atoms with Gasteiger partial charge < -0.3 is 10.6 Å². The van der Waals surface area contributed by atoms with Crippen LogP contribution in [0, 0.1) is 32.7 Å². The van der Waals surface area contributed by atoms with Crippen molar-refractivity contribution in [2.45, 2.75) is 64.5 Å². The highest BCUT2D eigenvalue weighted by molar-refractivity contribution is 7.11. The molecule has 2 saturated carbocycles. The van der Waals surface area contributed by atoms with Crippen molar-refractivity contribution in [2.75, 3.05) is 0 Å². The van der Waals surface area contributed by atoms with E-state index in [0.717, 1.165) is 45.9 Å². The van der Waals surface area contributed by atoms with Crippen molar-refractivity contribution in [1.29, 1.82) is 0 Å². The first kappa shape index (κ1) is 20.7. The van der Waals surface area contributed by atoms with Crippen molar-refractivity contribution in [3.05, 3.63) is 42.4 Å². The number of hydrogen-bond acceptors (Lipinski definition) is 4. The van der Waals surface area contributed by atoms with Gasteiger partial charge in [0.1, 0.15) is 0 Å². The number of amides is 2. The predicted molar refractivity (Wildman–Crippen MR) is 129 cm³/mol. The molecule has 2 aromatic heterocycles. The lowest BCUT2D eigenvalue weighted by molar-refractivity contribution is -0.116. The fourth-order valence-corrected chi connectivity index (χ4v) is 8.71. The monoisotopic (exact) mass is 466 g/mol. The molecule has 4 aliphatic rings. The van der Waals surface area contributed by atoms with E-state index in [4.69, 9.17) is 0 Å². The van der Waals surface area contributed by atoms with E-state index < -0.39 is 0 Å². The van der Waals surface area contributed by atoms with E-state index in [1.165, 1.54) is 21.9 Å². The molecule has 6 heteroatoms. The largest absolute Gasteiger partial charge is 0.349 e. The first-order valence-corrected chi connectivity index (χ1v) is 13.7. The molecule has 168 valence electrons. The molecule has 2 aliphatic heterocycles. The number of carbonyl (C=O) groups excluding carboxylic acids is 2. The van der Waals surface area contributed by atoms with Gasteiger partial charge in [-0.2, -0.15) is 0 Å². The average molecular weight is 467 g/mol. The summed E-state index contributed by atoms with van der Waals surface area (Å²) < 4.78 is 4.61. The summed E-state index contributed by atoms with van der Waals surface area (Å²) in [7, 11) is 0. The first-order valence-electron chi connectivity index (χ1n) is 12.0. The van der Waals surface area contributed by atoms with Crippen LogP contribution in [0.1, 0.15) is 52.4 Å². The SMILES string of the molecule is CC1CCC2NC(=O)C(=c3cc/c(=c4\ccc(=C5C(=O)NC6CCC(C)CC56)s4)s3)C2C1. The zero-order valence-electron chi connectivity index (χ0n) is 18.6. The summed E-state index contributed by atoms with van der Waals surface area (Å²) >= 11 is 3.45. The Bertz CT molecular complexity index is 1210. The van der Waals surface area contributed by atoms with Crippen LogP contribution in [0.4, 0.5) is 0 Å². The van der Waals surface area contributed by atoms with Crippen molar-refractivity contribution in [1.82, 2.24) is 10.6 Å². The van der Waals surface area contributed by atoms with Gasteiger partial charge in [0.25, 0.3) is 0 Å². The van der Waals surface area contributed by atoms with Crippen molar-refractivity contribution >= 4 is 45.6 Å². The summed E-state index contributed by atoms with van der Waals surface area (Å²) in [4.78, 5) is 25.6. The van der Waals surface area contributed by atoms with Crippen LogP contribution in [-0.2, 0) is 9.59 Å². The second-order valence-corrected chi connectivity index (χ2v) is 12.5. The van der Waals surface area contributed by atoms with E-state index in [2.05, 4.69) is 48.7 Å². The Labute approximate surface area is 196 Å². The Morgan fingerprint density at radius 2 is 1.06 bits per heavy atom. The van der Waals surface area contributed by atoms with Crippen LogP contribution in [0.5, 0.6) is 0 Å². The lowest BCUT2D eigenvalue weighted by atomic mass is 9.78. The highest BCUT2D eigenvalue weighted by Crippen LogP contribution is 2.39. The van der Waals surface area contributed by atoms with Crippen molar-refractivity contribution in [3.8, 4) is 0 Å². The molecule has 0 spiro atoms. The highest BCUT2D eigenvalue weighted by Gasteiger charge is 2.42. The molecule has 0 bridgehead atoms. The molecule has 2 amide bonds. The summed E-state index contributed by atoms with van der Waals surface area (Å²) in [6.45, 7) is 4.61. The minimum Gasteiger partial charge on any atom is -0.349 e. The summed E-state index contributed by atoms with van der Waals surface area (Å²) in [5.41, 5.74) is 2.00. The maximum atomic E-state index is 12.8. The Morgan fingerprint density at radius 1 is 0.656 bits per heavy atom. The van der Waals surface area contributed by atoms with Crippen LogP contribution in [0.15, 0.2) is 24.3 Å². The van der Waals surface area contributed by atoms with Gasteiger partial charge in [0.15, 0.2) is 0 Å². The Hall–Kier alpha value is -1.92. The van der Waals surface area contributed by atoms with Crippen molar-refractivity contribution in [2.24, 2.45) is 23.7 Å². The maximum Gasteiger partial charge on any atom is 0.249 e. The number of thiophene rings is 2. The predicted octanol–water partition coefficient (Wildman–Crippen LogP) is 3.27. The molecule has 6 atom stereocenters. The normalized spacial score (nSPS) is 38.8. The van der Waals surface area contributed by atoms with Gasteiger partial charge in [-0.3, -0.25) is 9.59 Å². The number of nitrogens with one attached hydrogen (secondary N) is 2. The Balaban J connectivity index is 1.45. The van der Waals surface area contributed by atoms with Crippen molar-refractivity contribution < 1.29 is 9.59 Å². The van der Waals surface area contributed by atoms with Crippen LogP contribution in [0.25, 0.3) is 11.1 Å². The lowest BCUT2D eigenvalue weighted by Crippen LogP contribution is -2.33. The topological polar surface area (TPSA) is 58.2 Å². The smallest absolute Gasteiger partial charge is 0.249 e. The molecular weight excluding hydrogens is 436 g/mol. The van der Waals surface area contributed by atoms with Gasteiger partial charge in [-0.05, 0) is 74.6 Å². The van der Waals surface area contributed by atoms with E-state index in [-0.39, 0.29) is 11.8 Å². The molecule has 0 aromatic carbocycles. The van der Waals surface area contributed by atoms with Gasteiger partial charge in [0.05, 0.1) is 0 Å². The molecule has 4 heterocycles. The molecule has 6 unspecified atom stereocenters. The Kier molecular flexibility index (Phi) is 5.06. The summed E-state index contributed by atoms with van der Waals surface area (Å²) in [6, 6.07) is 9.20. The van der Waals surface area contributed by atoms with Crippen LogP contribution < -0.4 is 19.7 Å². The van der Waals surface area contributed by atoms with E-state index in [1.807, 2.05) is 0 Å². The number of fused-ring (bicyclic) bond motifs is 2. The maximum absolute atomic E-state index is 12.8. The quantitative estimate of drug-likeness (QED) is 0.626. The van der Waals surface area contributed by atoms with Gasteiger partial charge in [-0.1, -0.05) is 13.8 Å². The average Bonchev–Trinajstić information content (AvgIpc) is 3.51. The summed E-state index contributed by atoms with van der Waals surface area (Å²) in [6.07, 6.45) is 6.79. The fraction of sp³-hybridized carbons (Fsp3) is 0.538. The molecule has 2 aliphatic carbocycles. The molecule has 2 saturated heterocycles. The van der Waals surface area contributed by atoms with Crippen LogP contribution in [0.3, 0.4) is 0 Å². The lowest BCUT2D eigenvalue weighted by Gasteiger charge is -2.28. The second-order valence-electron chi connectivity index (χ2n) is 10.4. The van der Waals surface area contributed by atoms with Crippen molar-refractivity contribution in [3.63, 3.8) is 0 Å². The van der Waals surface area contributed by atoms with Gasteiger partial charge in [-0.15, -0.1) is 22.7 Å². The third kappa shape index (κ3) is 3.38. The molecule has 4 nitrogen and oxygen atoms in total. The molecule has 4 fully saturated rings. The summed E-state index contributed by atoms with van der Waals surface area (Å²) in [5, 5.41) is 6.47. The van der Waals surface area contributed by atoms with Gasteiger partial charge in [0.2, 0.25) is 11.8 Å². The van der Waals surface area contributed by atoms with E-state index in [0.29, 0.717) is 35.8 Å².